The summed E-state index contributed by atoms with van der Waals surface area (Å²) in [5, 5.41) is 0. The van der Waals surface area contributed by atoms with Gasteiger partial charge in [-0.3, -0.25) is 4.90 Å². The van der Waals surface area contributed by atoms with Gasteiger partial charge in [0.05, 0.1) is 0 Å². The van der Waals surface area contributed by atoms with E-state index in [0.29, 0.717) is 5.54 Å². The van der Waals surface area contributed by atoms with Crippen LogP contribution in [0.25, 0.3) is 0 Å². The molecule has 2 N–H and O–H groups in total. The molecule has 70 valence electrons. The first-order valence-corrected chi connectivity index (χ1v) is 4.96. The van der Waals surface area contributed by atoms with Gasteiger partial charge in [0.2, 0.25) is 0 Å². The first kappa shape index (κ1) is 8.52. The van der Waals surface area contributed by atoms with Crippen molar-refractivity contribution in [2.75, 3.05) is 13.1 Å². The van der Waals surface area contributed by atoms with Gasteiger partial charge in [0.25, 0.3) is 0 Å². The minimum atomic E-state index is 0.252. The fraction of sp³-hybridized carbons (Fsp3) is 1.00. The molecule has 2 rings (SSSR count). The molecule has 0 spiro atoms. The third-order valence-electron chi connectivity index (χ3n) is 3.47. The molecule has 1 aliphatic carbocycles. The van der Waals surface area contributed by atoms with Gasteiger partial charge < -0.3 is 5.73 Å². The maximum Gasteiger partial charge on any atom is 0.0208 e. The number of likely N-dealkylation sites (tertiary alicyclic amines) is 1. The summed E-state index contributed by atoms with van der Waals surface area (Å²) in [6.07, 6.45) is 2.52. The molecule has 2 fully saturated rings. The van der Waals surface area contributed by atoms with Gasteiger partial charge in [0, 0.05) is 30.1 Å². The first-order valence-electron chi connectivity index (χ1n) is 4.96. The summed E-state index contributed by atoms with van der Waals surface area (Å²) in [6, 6.07) is 0. The number of nitrogens with zero attached hydrogens (tertiary/aromatic N) is 1. The molecule has 1 heterocycles. The number of hydrogen-bond acceptors (Lipinski definition) is 2. The van der Waals surface area contributed by atoms with Crippen LogP contribution < -0.4 is 5.73 Å². The van der Waals surface area contributed by atoms with Crippen molar-refractivity contribution in [3.05, 3.63) is 0 Å². The minimum absolute atomic E-state index is 0.252. The van der Waals surface area contributed by atoms with Crippen molar-refractivity contribution in [1.29, 1.82) is 0 Å². The van der Waals surface area contributed by atoms with E-state index in [1.54, 1.807) is 0 Å². The predicted molar refractivity (Wildman–Crippen MR) is 51.0 cm³/mol. The van der Waals surface area contributed by atoms with Crippen LogP contribution in [0.4, 0.5) is 0 Å². The molecule has 1 saturated heterocycles. The topological polar surface area (TPSA) is 29.3 Å². The molecule has 0 radical (unpaired) electrons. The highest BCUT2D eigenvalue weighted by atomic mass is 15.3. The standard InChI is InChI=1S/C10H20N2/c1-9(2,3)12-6-8(7-12)10(11)4-5-10/h8H,4-7,11H2,1-3H3. The Hall–Kier alpha value is -0.0800. The summed E-state index contributed by atoms with van der Waals surface area (Å²) in [5.41, 5.74) is 6.73. The van der Waals surface area contributed by atoms with Crippen molar-refractivity contribution < 1.29 is 0 Å². The molecular formula is C10H20N2. The number of rotatable bonds is 1. The van der Waals surface area contributed by atoms with Gasteiger partial charge >= 0.3 is 0 Å². The van der Waals surface area contributed by atoms with Gasteiger partial charge in [-0.05, 0) is 33.6 Å². The van der Waals surface area contributed by atoms with E-state index in [0.717, 1.165) is 5.92 Å². The molecule has 0 bridgehead atoms. The smallest absolute Gasteiger partial charge is 0.0208 e. The molecule has 0 aromatic rings. The van der Waals surface area contributed by atoms with Crippen LogP contribution in [0.1, 0.15) is 33.6 Å². The largest absolute Gasteiger partial charge is 0.325 e. The molecule has 0 aromatic carbocycles. The van der Waals surface area contributed by atoms with Gasteiger partial charge in [0.1, 0.15) is 0 Å². The first-order chi connectivity index (χ1) is 5.42. The highest BCUT2D eigenvalue weighted by Crippen LogP contribution is 2.45. The summed E-state index contributed by atoms with van der Waals surface area (Å²) < 4.78 is 0. The van der Waals surface area contributed by atoms with Crippen LogP contribution in [0.2, 0.25) is 0 Å². The maximum absolute atomic E-state index is 6.13. The Labute approximate surface area is 75.1 Å². The highest BCUT2D eigenvalue weighted by Gasteiger charge is 2.51. The molecule has 1 aliphatic heterocycles. The quantitative estimate of drug-likeness (QED) is 0.637. The number of hydrogen-bond donors (Lipinski definition) is 1. The Morgan fingerprint density at radius 2 is 1.75 bits per heavy atom. The zero-order chi connectivity index (χ0) is 8.98. The average molecular weight is 168 g/mol. The second-order valence-corrected chi connectivity index (χ2v) is 5.51. The van der Waals surface area contributed by atoms with Crippen molar-refractivity contribution in [3.63, 3.8) is 0 Å². The van der Waals surface area contributed by atoms with E-state index in [-0.39, 0.29) is 5.54 Å². The van der Waals surface area contributed by atoms with Crippen molar-refractivity contribution >= 4 is 0 Å². The molecule has 0 amide bonds. The predicted octanol–water partition coefficient (Wildman–Crippen LogP) is 1.21. The van der Waals surface area contributed by atoms with Gasteiger partial charge in [-0.25, -0.2) is 0 Å². The second kappa shape index (κ2) is 2.24. The zero-order valence-corrected chi connectivity index (χ0v) is 8.43. The molecule has 0 unspecified atom stereocenters. The third kappa shape index (κ3) is 1.27. The van der Waals surface area contributed by atoms with E-state index in [9.17, 15) is 0 Å². The zero-order valence-electron chi connectivity index (χ0n) is 8.43. The average Bonchev–Trinajstić information content (AvgIpc) is 2.38. The number of nitrogens with two attached hydrogens (primary N) is 1. The van der Waals surface area contributed by atoms with Crippen LogP contribution >= 0.6 is 0 Å². The molecular weight excluding hydrogens is 148 g/mol. The fourth-order valence-electron chi connectivity index (χ4n) is 1.94. The van der Waals surface area contributed by atoms with Crippen LogP contribution in [-0.4, -0.2) is 29.1 Å². The Morgan fingerprint density at radius 3 is 2.08 bits per heavy atom. The SMILES string of the molecule is CC(C)(C)N1CC(C2(N)CC2)C1. The normalized spacial score (nSPS) is 30.0. The van der Waals surface area contributed by atoms with E-state index in [1.807, 2.05) is 0 Å². The molecule has 2 heteroatoms. The van der Waals surface area contributed by atoms with Crippen molar-refractivity contribution in [2.45, 2.75) is 44.7 Å². The van der Waals surface area contributed by atoms with Gasteiger partial charge in [0.15, 0.2) is 0 Å². The molecule has 0 aromatic heterocycles. The van der Waals surface area contributed by atoms with Crippen LogP contribution in [-0.2, 0) is 0 Å². The summed E-state index contributed by atoms with van der Waals surface area (Å²) in [6.45, 7) is 9.28. The second-order valence-electron chi connectivity index (χ2n) is 5.51. The van der Waals surface area contributed by atoms with Crippen molar-refractivity contribution in [3.8, 4) is 0 Å². The summed E-state index contributed by atoms with van der Waals surface area (Å²) in [5.74, 6) is 0.789. The lowest BCUT2D eigenvalue weighted by atomic mass is 9.86. The van der Waals surface area contributed by atoms with Gasteiger partial charge in [-0.2, -0.15) is 0 Å². The maximum atomic E-state index is 6.13. The van der Waals surface area contributed by atoms with E-state index in [4.69, 9.17) is 5.73 Å². The summed E-state index contributed by atoms with van der Waals surface area (Å²) in [4.78, 5) is 2.52. The van der Waals surface area contributed by atoms with Crippen LogP contribution in [0.3, 0.4) is 0 Å². The Kier molecular flexibility index (Phi) is 1.59. The van der Waals surface area contributed by atoms with E-state index in [1.165, 1.54) is 25.9 Å². The van der Waals surface area contributed by atoms with E-state index >= 15 is 0 Å². The molecule has 2 nitrogen and oxygen atoms in total. The summed E-state index contributed by atoms with van der Waals surface area (Å²) >= 11 is 0. The Balaban J connectivity index is 1.84. The van der Waals surface area contributed by atoms with E-state index < -0.39 is 0 Å². The minimum Gasteiger partial charge on any atom is -0.325 e. The van der Waals surface area contributed by atoms with Crippen molar-refractivity contribution in [2.24, 2.45) is 11.7 Å². The lowest BCUT2D eigenvalue weighted by molar-refractivity contribution is -0.00170. The van der Waals surface area contributed by atoms with Crippen LogP contribution in [0.5, 0.6) is 0 Å². The highest BCUT2D eigenvalue weighted by molar-refractivity contribution is 5.10. The fourth-order valence-corrected chi connectivity index (χ4v) is 1.94. The Bertz CT molecular complexity index is 173. The summed E-state index contributed by atoms with van der Waals surface area (Å²) in [7, 11) is 0. The monoisotopic (exact) mass is 168 g/mol. The van der Waals surface area contributed by atoms with E-state index in [2.05, 4.69) is 25.7 Å². The molecule has 1 saturated carbocycles. The van der Waals surface area contributed by atoms with Crippen LogP contribution in [0.15, 0.2) is 0 Å². The Morgan fingerprint density at radius 1 is 1.25 bits per heavy atom. The molecule has 12 heavy (non-hydrogen) atoms. The lowest BCUT2D eigenvalue weighted by Crippen LogP contribution is -2.61. The van der Waals surface area contributed by atoms with Crippen molar-refractivity contribution in [1.82, 2.24) is 4.90 Å². The van der Waals surface area contributed by atoms with Gasteiger partial charge in [-0.1, -0.05) is 0 Å². The van der Waals surface area contributed by atoms with Crippen LogP contribution in [0, 0.1) is 5.92 Å². The molecule has 0 atom stereocenters. The van der Waals surface area contributed by atoms with Gasteiger partial charge in [-0.15, -0.1) is 0 Å². The molecule has 2 aliphatic rings. The third-order valence-corrected chi connectivity index (χ3v) is 3.47. The lowest BCUT2D eigenvalue weighted by Gasteiger charge is -2.50.